The molecule has 1 aliphatic carbocycles. The van der Waals surface area contributed by atoms with Crippen LogP contribution in [0.1, 0.15) is 40.5 Å². The molecule has 1 heterocycles. The summed E-state index contributed by atoms with van der Waals surface area (Å²) in [6, 6.07) is 0. The minimum Gasteiger partial charge on any atom is -0.463 e. The molecule has 2 bridgehead atoms. The Balaban J connectivity index is 2.44. The average Bonchev–Trinajstić information content (AvgIpc) is 2.48. The summed E-state index contributed by atoms with van der Waals surface area (Å²) in [6.45, 7) is 7.78. The Labute approximate surface area is 95.3 Å². The molecule has 0 aromatic heterocycles. The summed E-state index contributed by atoms with van der Waals surface area (Å²) in [5.74, 6) is -0.661. The van der Waals surface area contributed by atoms with Crippen LogP contribution < -0.4 is 0 Å². The summed E-state index contributed by atoms with van der Waals surface area (Å²) in [4.78, 5) is 23.9. The molecule has 16 heavy (non-hydrogen) atoms. The van der Waals surface area contributed by atoms with Gasteiger partial charge >= 0.3 is 11.9 Å². The SMILES string of the molecule is CCOC(=O)[C@]12CC[C@](C)(C(=O)O1)C2(C)C. The smallest absolute Gasteiger partial charge is 0.351 e. The van der Waals surface area contributed by atoms with E-state index in [2.05, 4.69) is 0 Å². The summed E-state index contributed by atoms with van der Waals surface area (Å²) in [5.41, 5.74) is -2.11. The molecule has 2 fully saturated rings. The third-order valence-electron chi connectivity index (χ3n) is 4.69. The fourth-order valence-corrected chi connectivity index (χ4v) is 2.95. The third kappa shape index (κ3) is 0.955. The standard InChI is InChI=1S/C12H18O4/c1-5-15-9(14)12-7-6-11(4,8(13)16-12)10(12,2)3/h5-7H2,1-4H3/t11-,12+/m1/s1. The van der Waals surface area contributed by atoms with Crippen LogP contribution in [0.15, 0.2) is 0 Å². The Hall–Kier alpha value is -1.06. The number of ether oxygens (including phenoxy) is 2. The zero-order valence-electron chi connectivity index (χ0n) is 10.3. The Morgan fingerprint density at radius 1 is 1.38 bits per heavy atom. The molecular formula is C12H18O4. The van der Waals surface area contributed by atoms with Crippen molar-refractivity contribution in [1.29, 1.82) is 0 Å². The van der Waals surface area contributed by atoms with Gasteiger partial charge in [-0.25, -0.2) is 4.79 Å². The quantitative estimate of drug-likeness (QED) is 0.672. The molecule has 4 heteroatoms. The fraction of sp³-hybridized carbons (Fsp3) is 0.833. The van der Waals surface area contributed by atoms with Gasteiger partial charge in [-0.3, -0.25) is 4.79 Å². The van der Waals surface area contributed by atoms with E-state index >= 15 is 0 Å². The normalized spacial score (nSPS) is 39.6. The highest BCUT2D eigenvalue weighted by molar-refractivity contribution is 5.93. The summed E-state index contributed by atoms with van der Waals surface area (Å²) in [5, 5.41) is 0. The van der Waals surface area contributed by atoms with Gasteiger partial charge in [0.15, 0.2) is 0 Å². The van der Waals surface area contributed by atoms with Crippen LogP contribution in [0.2, 0.25) is 0 Å². The van der Waals surface area contributed by atoms with Crippen molar-refractivity contribution in [2.45, 2.75) is 46.1 Å². The third-order valence-corrected chi connectivity index (χ3v) is 4.69. The van der Waals surface area contributed by atoms with Crippen LogP contribution in [-0.2, 0) is 19.1 Å². The maximum atomic E-state index is 12.0. The second-order valence-electron chi connectivity index (χ2n) is 5.39. The Morgan fingerprint density at radius 3 is 2.38 bits per heavy atom. The van der Waals surface area contributed by atoms with Crippen molar-refractivity contribution in [2.75, 3.05) is 6.61 Å². The summed E-state index contributed by atoms with van der Waals surface area (Å²) >= 11 is 0. The largest absolute Gasteiger partial charge is 0.463 e. The van der Waals surface area contributed by atoms with E-state index in [9.17, 15) is 9.59 Å². The molecule has 2 atom stereocenters. The lowest BCUT2D eigenvalue weighted by atomic mass is 9.66. The van der Waals surface area contributed by atoms with Gasteiger partial charge in [-0.1, -0.05) is 13.8 Å². The van der Waals surface area contributed by atoms with E-state index in [1.54, 1.807) is 6.92 Å². The van der Waals surface area contributed by atoms with E-state index in [0.717, 1.165) is 0 Å². The summed E-state index contributed by atoms with van der Waals surface area (Å²) in [6.07, 6.45) is 1.26. The highest BCUT2D eigenvalue weighted by Crippen LogP contribution is 2.65. The zero-order valence-corrected chi connectivity index (χ0v) is 10.3. The van der Waals surface area contributed by atoms with Crippen LogP contribution >= 0.6 is 0 Å². The van der Waals surface area contributed by atoms with Gasteiger partial charge in [0.25, 0.3) is 0 Å². The summed E-state index contributed by atoms with van der Waals surface area (Å²) < 4.78 is 10.4. The maximum absolute atomic E-state index is 12.0. The number of fused-ring (bicyclic) bond motifs is 2. The van der Waals surface area contributed by atoms with E-state index in [-0.39, 0.29) is 5.97 Å². The molecule has 0 radical (unpaired) electrons. The van der Waals surface area contributed by atoms with Crippen LogP contribution in [0.5, 0.6) is 0 Å². The van der Waals surface area contributed by atoms with Gasteiger partial charge in [0.1, 0.15) is 0 Å². The first-order valence-corrected chi connectivity index (χ1v) is 5.72. The lowest BCUT2D eigenvalue weighted by Gasteiger charge is -2.34. The van der Waals surface area contributed by atoms with Crippen molar-refractivity contribution in [3.8, 4) is 0 Å². The number of hydrogen-bond donors (Lipinski definition) is 0. The van der Waals surface area contributed by atoms with Gasteiger partial charge in [-0.2, -0.15) is 0 Å². The van der Waals surface area contributed by atoms with Gasteiger partial charge in [0.2, 0.25) is 5.60 Å². The monoisotopic (exact) mass is 226 g/mol. The first-order chi connectivity index (χ1) is 7.32. The van der Waals surface area contributed by atoms with Crippen molar-refractivity contribution in [1.82, 2.24) is 0 Å². The van der Waals surface area contributed by atoms with Gasteiger partial charge in [0, 0.05) is 5.41 Å². The minimum absolute atomic E-state index is 0.267. The second kappa shape index (κ2) is 2.99. The van der Waals surface area contributed by atoms with Crippen molar-refractivity contribution in [3.63, 3.8) is 0 Å². The van der Waals surface area contributed by atoms with Crippen molar-refractivity contribution < 1.29 is 19.1 Å². The van der Waals surface area contributed by atoms with E-state index in [1.165, 1.54) is 0 Å². The number of hydrogen-bond acceptors (Lipinski definition) is 4. The Kier molecular flexibility index (Phi) is 2.14. The predicted octanol–water partition coefficient (Wildman–Crippen LogP) is 1.67. The molecule has 0 spiro atoms. The van der Waals surface area contributed by atoms with Crippen LogP contribution in [0.4, 0.5) is 0 Å². The molecule has 0 N–H and O–H groups in total. The van der Waals surface area contributed by atoms with E-state index in [4.69, 9.17) is 9.47 Å². The van der Waals surface area contributed by atoms with E-state index in [1.807, 2.05) is 20.8 Å². The topological polar surface area (TPSA) is 52.6 Å². The fourth-order valence-electron chi connectivity index (χ4n) is 2.95. The van der Waals surface area contributed by atoms with Crippen LogP contribution in [-0.4, -0.2) is 24.1 Å². The molecule has 2 rings (SSSR count). The van der Waals surface area contributed by atoms with Crippen molar-refractivity contribution in [3.05, 3.63) is 0 Å². The molecule has 1 saturated heterocycles. The number of rotatable bonds is 2. The molecule has 0 amide bonds. The molecule has 1 aliphatic heterocycles. The highest BCUT2D eigenvalue weighted by atomic mass is 16.6. The van der Waals surface area contributed by atoms with E-state index < -0.39 is 22.4 Å². The first kappa shape index (κ1) is 11.4. The molecule has 2 aliphatic rings. The highest BCUT2D eigenvalue weighted by Gasteiger charge is 2.76. The van der Waals surface area contributed by atoms with E-state index in [0.29, 0.717) is 19.4 Å². The average molecular weight is 226 g/mol. The molecule has 4 nitrogen and oxygen atoms in total. The van der Waals surface area contributed by atoms with Gasteiger partial charge < -0.3 is 9.47 Å². The van der Waals surface area contributed by atoms with Crippen molar-refractivity contribution in [2.24, 2.45) is 10.8 Å². The van der Waals surface area contributed by atoms with Crippen LogP contribution in [0, 0.1) is 10.8 Å². The predicted molar refractivity (Wildman–Crippen MR) is 56.6 cm³/mol. The molecule has 90 valence electrons. The molecule has 0 unspecified atom stereocenters. The Bertz CT molecular complexity index is 360. The van der Waals surface area contributed by atoms with Gasteiger partial charge in [0.05, 0.1) is 12.0 Å². The molecule has 0 aromatic rings. The lowest BCUT2D eigenvalue weighted by Crippen LogP contribution is -2.48. The number of carbonyl (C=O) groups is 2. The van der Waals surface area contributed by atoms with Crippen LogP contribution in [0.25, 0.3) is 0 Å². The summed E-state index contributed by atoms with van der Waals surface area (Å²) in [7, 11) is 0. The number of carbonyl (C=O) groups excluding carboxylic acids is 2. The van der Waals surface area contributed by atoms with Gasteiger partial charge in [-0.15, -0.1) is 0 Å². The molecule has 0 aromatic carbocycles. The molecular weight excluding hydrogens is 208 g/mol. The lowest BCUT2D eigenvalue weighted by molar-refractivity contribution is -0.182. The zero-order chi connectivity index (χ0) is 12.2. The molecule has 1 saturated carbocycles. The van der Waals surface area contributed by atoms with Crippen LogP contribution in [0.3, 0.4) is 0 Å². The second-order valence-corrected chi connectivity index (χ2v) is 5.39. The van der Waals surface area contributed by atoms with Gasteiger partial charge in [-0.05, 0) is 26.7 Å². The first-order valence-electron chi connectivity index (χ1n) is 5.72. The maximum Gasteiger partial charge on any atom is 0.351 e. The van der Waals surface area contributed by atoms with Crippen molar-refractivity contribution >= 4 is 11.9 Å². The number of esters is 2. The minimum atomic E-state index is -1.06. The Morgan fingerprint density at radius 2 is 2.00 bits per heavy atom.